The number of β-amino-alcohol motifs (C(OH)–C–C–N with tert-alkyl or cyclic N) is 1. The van der Waals surface area contributed by atoms with Crippen LogP contribution in [0.4, 0.5) is 0 Å². The van der Waals surface area contributed by atoms with Crippen LogP contribution in [0.5, 0.6) is 0 Å². The second-order valence-electron chi connectivity index (χ2n) is 5.35. The molecule has 1 heterocycles. The molecule has 1 aromatic carbocycles. The fourth-order valence-corrected chi connectivity index (χ4v) is 2.70. The first-order valence-electron chi connectivity index (χ1n) is 6.94. The zero-order chi connectivity index (χ0) is 13.7. The Bertz CT molecular complexity index is 371. The van der Waals surface area contributed by atoms with Gasteiger partial charge in [0.2, 0.25) is 0 Å². The Kier molecular flexibility index (Phi) is 5.34. The van der Waals surface area contributed by atoms with Crippen molar-refractivity contribution in [1.82, 2.24) is 4.90 Å². The minimum atomic E-state index is -0.796. The molecule has 106 valence electrons. The van der Waals surface area contributed by atoms with Crippen LogP contribution in [0.15, 0.2) is 30.3 Å². The summed E-state index contributed by atoms with van der Waals surface area (Å²) in [5.74, 6) is -0.236. The maximum absolute atomic E-state index is 9.76. The molecule has 0 radical (unpaired) electrons. The summed E-state index contributed by atoms with van der Waals surface area (Å²) in [4.78, 5) is 2.13. The van der Waals surface area contributed by atoms with Gasteiger partial charge in [0, 0.05) is 25.6 Å². The van der Waals surface area contributed by atoms with Gasteiger partial charge in [-0.15, -0.1) is 0 Å². The molecule has 0 bridgehead atoms. The molecule has 1 aliphatic rings. The molecule has 0 aromatic heterocycles. The zero-order valence-corrected chi connectivity index (χ0v) is 11.2. The van der Waals surface area contributed by atoms with E-state index in [1.165, 1.54) is 5.56 Å². The quantitative estimate of drug-likeness (QED) is 0.715. The first-order chi connectivity index (χ1) is 9.20. The van der Waals surface area contributed by atoms with Crippen molar-refractivity contribution in [3.8, 4) is 0 Å². The highest BCUT2D eigenvalue weighted by Gasteiger charge is 2.33. The van der Waals surface area contributed by atoms with Gasteiger partial charge in [-0.05, 0) is 24.9 Å². The monoisotopic (exact) mass is 265 g/mol. The molecule has 0 unspecified atom stereocenters. The average molecular weight is 265 g/mol. The highest BCUT2D eigenvalue weighted by atomic mass is 16.3. The third-order valence-corrected chi connectivity index (χ3v) is 3.83. The standard InChI is InChI=1S/C15H23NO3/c17-11-13-9-16(10-14(18)15(13)19)8-4-7-12-5-2-1-3-6-12/h1-3,5-6,13-15,17-19H,4,7-11H2/t13-,14-,15-/m1/s1. The van der Waals surface area contributed by atoms with Crippen molar-refractivity contribution in [3.63, 3.8) is 0 Å². The molecule has 1 saturated heterocycles. The van der Waals surface area contributed by atoms with Crippen molar-refractivity contribution in [2.45, 2.75) is 25.0 Å². The molecular formula is C15H23NO3. The van der Waals surface area contributed by atoms with Crippen LogP contribution in [0.2, 0.25) is 0 Å². The van der Waals surface area contributed by atoms with E-state index in [4.69, 9.17) is 0 Å². The number of hydrogen-bond acceptors (Lipinski definition) is 4. The van der Waals surface area contributed by atoms with E-state index < -0.39 is 12.2 Å². The van der Waals surface area contributed by atoms with Crippen molar-refractivity contribution >= 4 is 0 Å². The van der Waals surface area contributed by atoms with E-state index in [-0.39, 0.29) is 12.5 Å². The van der Waals surface area contributed by atoms with Gasteiger partial charge in [-0.2, -0.15) is 0 Å². The Hall–Kier alpha value is -0.940. The first-order valence-corrected chi connectivity index (χ1v) is 6.94. The van der Waals surface area contributed by atoms with Crippen molar-refractivity contribution in [2.24, 2.45) is 5.92 Å². The number of benzene rings is 1. The predicted octanol–water partition coefficient (Wildman–Crippen LogP) is 0.265. The van der Waals surface area contributed by atoms with Crippen LogP contribution in [0.25, 0.3) is 0 Å². The summed E-state index contributed by atoms with van der Waals surface area (Å²) in [7, 11) is 0. The topological polar surface area (TPSA) is 63.9 Å². The molecular weight excluding hydrogens is 242 g/mol. The van der Waals surface area contributed by atoms with Crippen molar-refractivity contribution in [2.75, 3.05) is 26.2 Å². The van der Waals surface area contributed by atoms with Gasteiger partial charge in [0.1, 0.15) is 0 Å². The SMILES string of the molecule is OC[C@H]1CN(CCCc2ccccc2)C[C@@H](O)[C@@H]1O. The van der Waals surface area contributed by atoms with E-state index in [0.717, 1.165) is 19.4 Å². The number of aliphatic hydroxyl groups is 3. The van der Waals surface area contributed by atoms with Gasteiger partial charge in [0.05, 0.1) is 12.2 Å². The third kappa shape index (κ3) is 4.01. The van der Waals surface area contributed by atoms with Crippen LogP contribution in [0, 0.1) is 5.92 Å². The third-order valence-electron chi connectivity index (χ3n) is 3.83. The van der Waals surface area contributed by atoms with Gasteiger partial charge in [-0.1, -0.05) is 30.3 Å². The average Bonchev–Trinajstić information content (AvgIpc) is 2.43. The number of aliphatic hydroxyl groups excluding tert-OH is 3. The minimum Gasteiger partial charge on any atom is -0.396 e. The Morgan fingerprint density at radius 2 is 1.84 bits per heavy atom. The van der Waals surface area contributed by atoms with Crippen LogP contribution in [0.3, 0.4) is 0 Å². The minimum absolute atomic E-state index is 0.0760. The molecule has 1 aromatic rings. The Morgan fingerprint density at radius 3 is 2.53 bits per heavy atom. The number of aryl methyl sites for hydroxylation is 1. The van der Waals surface area contributed by atoms with Gasteiger partial charge in [-0.25, -0.2) is 0 Å². The predicted molar refractivity (Wildman–Crippen MR) is 73.8 cm³/mol. The smallest absolute Gasteiger partial charge is 0.0929 e. The van der Waals surface area contributed by atoms with E-state index >= 15 is 0 Å². The molecule has 1 fully saturated rings. The lowest BCUT2D eigenvalue weighted by molar-refractivity contribution is -0.0860. The summed E-state index contributed by atoms with van der Waals surface area (Å²) in [5.41, 5.74) is 1.32. The van der Waals surface area contributed by atoms with Crippen molar-refractivity contribution in [1.29, 1.82) is 0 Å². The first kappa shape index (κ1) is 14.5. The molecule has 3 N–H and O–H groups in total. The molecule has 2 rings (SSSR count). The molecule has 0 saturated carbocycles. The second-order valence-corrected chi connectivity index (χ2v) is 5.35. The Labute approximate surface area is 114 Å². The second kappa shape index (κ2) is 7.01. The summed E-state index contributed by atoms with van der Waals surface area (Å²) in [5, 5.41) is 28.7. The lowest BCUT2D eigenvalue weighted by atomic mass is 9.93. The summed E-state index contributed by atoms with van der Waals surface area (Å²) >= 11 is 0. The van der Waals surface area contributed by atoms with Crippen LogP contribution in [0.1, 0.15) is 12.0 Å². The summed E-state index contributed by atoms with van der Waals surface area (Å²) in [6.07, 6.45) is 0.489. The Morgan fingerprint density at radius 1 is 1.11 bits per heavy atom. The molecule has 0 aliphatic carbocycles. The zero-order valence-electron chi connectivity index (χ0n) is 11.2. The maximum atomic E-state index is 9.76. The van der Waals surface area contributed by atoms with Gasteiger partial charge in [0.25, 0.3) is 0 Å². The van der Waals surface area contributed by atoms with E-state index in [9.17, 15) is 15.3 Å². The van der Waals surface area contributed by atoms with Crippen LogP contribution < -0.4 is 0 Å². The Balaban J connectivity index is 1.77. The van der Waals surface area contributed by atoms with Crippen LogP contribution in [-0.4, -0.2) is 58.7 Å². The van der Waals surface area contributed by atoms with Crippen LogP contribution >= 0.6 is 0 Å². The van der Waals surface area contributed by atoms with Crippen molar-refractivity contribution in [3.05, 3.63) is 35.9 Å². The van der Waals surface area contributed by atoms with Gasteiger partial charge in [0.15, 0.2) is 0 Å². The van der Waals surface area contributed by atoms with Gasteiger partial charge < -0.3 is 20.2 Å². The largest absolute Gasteiger partial charge is 0.396 e. The van der Waals surface area contributed by atoms with E-state index in [0.29, 0.717) is 13.1 Å². The van der Waals surface area contributed by atoms with Crippen molar-refractivity contribution < 1.29 is 15.3 Å². The molecule has 0 amide bonds. The lowest BCUT2D eigenvalue weighted by Crippen LogP contribution is -2.53. The molecule has 4 heteroatoms. The molecule has 0 spiro atoms. The number of nitrogens with zero attached hydrogens (tertiary/aromatic N) is 1. The summed E-state index contributed by atoms with van der Waals surface area (Å²) in [6.45, 7) is 1.96. The number of rotatable bonds is 5. The normalized spacial score (nSPS) is 28.5. The molecule has 19 heavy (non-hydrogen) atoms. The number of piperidine rings is 1. The highest BCUT2D eigenvalue weighted by Crippen LogP contribution is 2.18. The summed E-state index contributed by atoms with van der Waals surface area (Å²) in [6, 6.07) is 10.3. The fourth-order valence-electron chi connectivity index (χ4n) is 2.70. The number of hydrogen-bond donors (Lipinski definition) is 3. The molecule has 4 nitrogen and oxygen atoms in total. The lowest BCUT2D eigenvalue weighted by Gasteiger charge is -2.38. The van der Waals surface area contributed by atoms with Crippen LogP contribution in [-0.2, 0) is 6.42 Å². The van der Waals surface area contributed by atoms with E-state index in [1.54, 1.807) is 0 Å². The summed E-state index contributed by atoms with van der Waals surface area (Å²) < 4.78 is 0. The van der Waals surface area contributed by atoms with E-state index in [1.807, 2.05) is 18.2 Å². The molecule has 1 aliphatic heterocycles. The van der Waals surface area contributed by atoms with E-state index in [2.05, 4.69) is 17.0 Å². The van der Waals surface area contributed by atoms with Gasteiger partial charge >= 0.3 is 0 Å². The highest BCUT2D eigenvalue weighted by molar-refractivity contribution is 5.14. The fraction of sp³-hybridized carbons (Fsp3) is 0.600. The van der Waals surface area contributed by atoms with Gasteiger partial charge in [-0.3, -0.25) is 0 Å². The maximum Gasteiger partial charge on any atom is 0.0929 e. The number of likely N-dealkylation sites (tertiary alicyclic amines) is 1. The molecule has 3 atom stereocenters.